The molecule has 8 heteroatoms. The molecule has 1 unspecified atom stereocenters. The first-order valence-electron chi connectivity index (χ1n) is 9.90. The highest BCUT2D eigenvalue weighted by Crippen LogP contribution is 2.22. The van der Waals surface area contributed by atoms with Crippen molar-refractivity contribution in [1.29, 1.82) is 0 Å². The molecule has 0 bridgehead atoms. The van der Waals surface area contributed by atoms with Gasteiger partial charge < -0.3 is 9.47 Å². The Bertz CT molecular complexity index is 1160. The molecule has 1 N–H and O–H groups in total. The summed E-state index contributed by atoms with van der Waals surface area (Å²) in [5.41, 5.74) is 3.80. The monoisotopic (exact) mass is 526 g/mol. The number of carbonyl (C=O) groups excluding carboxylic acids is 2. The average molecular weight is 528 g/mol. The normalized spacial score (nSPS) is 12.0. The van der Waals surface area contributed by atoms with Crippen LogP contribution >= 0.6 is 27.5 Å². The summed E-state index contributed by atoms with van der Waals surface area (Å²) in [5, 5.41) is 4.54. The summed E-state index contributed by atoms with van der Waals surface area (Å²) in [6.07, 6.45) is 3.61. The molecule has 3 rings (SSSR count). The highest BCUT2D eigenvalue weighted by Gasteiger charge is 2.14. The maximum absolute atomic E-state index is 12.3. The van der Waals surface area contributed by atoms with E-state index in [-0.39, 0.29) is 0 Å². The zero-order valence-electron chi connectivity index (χ0n) is 17.6. The van der Waals surface area contributed by atoms with Gasteiger partial charge in [-0.1, -0.05) is 57.9 Å². The number of rotatable bonds is 8. The number of nitrogens with zero attached hydrogens (tertiary/aromatic N) is 1. The van der Waals surface area contributed by atoms with Crippen molar-refractivity contribution in [3.63, 3.8) is 0 Å². The van der Waals surface area contributed by atoms with Crippen LogP contribution in [0.15, 0.2) is 88.4 Å². The number of hydrogen-bond donors (Lipinski definition) is 1. The van der Waals surface area contributed by atoms with Crippen LogP contribution in [-0.4, -0.2) is 24.2 Å². The molecular weight excluding hydrogens is 508 g/mol. The van der Waals surface area contributed by atoms with Crippen LogP contribution in [0.4, 0.5) is 0 Å². The maximum atomic E-state index is 12.3. The third kappa shape index (κ3) is 7.89. The van der Waals surface area contributed by atoms with Crippen LogP contribution < -0.4 is 14.9 Å². The molecular formula is C25H20BrClN2O4. The number of benzene rings is 3. The summed E-state index contributed by atoms with van der Waals surface area (Å²) >= 11 is 9.22. The number of hydrogen-bond acceptors (Lipinski definition) is 5. The highest BCUT2D eigenvalue weighted by atomic mass is 79.9. The van der Waals surface area contributed by atoms with Gasteiger partial charge in [0, 0.05) is 21.1 Å². The number of nitrogens with one attached hydrogen (secondary N) is 1. The van der Waals surface area contributed by atoms with E-state index in [4.69, 9.17) is 21.1 Å². The topological polar surface area (TPSA) is 77.0 Å². The number of esters is 1. The van der Waals surface area contributed by atoms with Crippen LogP contribution in [0.2, 0.25) is 5.02 Å². The Balaban J connectivity index is 1.61. The zero-order chi connectivity index (χ0) is 23.6. The lowest BCUT2D eigenvalue weighted by atomic mass is 10.2. The first-order chi connectivity index (χ1) is 15.9. The fourth-order valence-electron chi connectivity index (χ4n) is 2.61. The smallest absolute Gasteiger partial charge is 0.336 e. The Hall–Kier alpha value is -3.42. The van der Waals surface area contributed by atoms with Crippen molar-refractivity contribution in [3.05, 3.63) is 99.5 Å². The first-order valence-corrected chi connectivity index (χ1v) is 11.1. The Morgan fingerprint density at radius 3 is 2.52 bits per heavy atom. The van der Waals surface area contributed by atoms with Crippen LogP contribution in [-0.2, 0) is 9.59 Å². The minimum atomic E-state index is -0.786. The van der Waals surface area contributed by atoms with E-state index in [2.05, 4.69) is 26.5 Å². The average Bonchev–Trinajstić information content (AvgIpc) is 2.81. The van der Waals surface area contributed by atoms with Gasteiger partial charge in [0.2, 0.25) is 0 Å². The van der Waals surface area contributed by atoms with E-state index in [9.17, 15) is 9.59 Å². The second-order valence-corrected chi connectivity index (χ2v) is 8.15. The molecule has 0 aliphatic heterocycles. The van der Waals surface area contributed by atoms with Gasteiger partial charge in [0.05, 0.1) is 6.21 Å². The van der Waals surface area contributed by atoms with E-state index in [0.717, 1.165) is 10.0 Å². The van der Waals surface area contributed by atoms with Gasteiger partial charge >= 0.3 is 5.97 Å². The van der Waals surface area contributed by atoms with E-state index in [1.807, 2.05) is 30.3 Å². The van der Waals surface area contributed by atoms with Gasteiger partial charge in [-0.3, -0.25) is 4.79 Å². The molecule has 168 valence electrons. The zero-order valence-corrected chi connectivity index (χ0v) is 19.9. The summed E-state index contributed by atoms with van der Waals surface area (Å²) < 4.78 is 11.8. The second-order valence-electron chi connectivity index (χ2n) is 6.80. The van der Waals surface area contributed by atoms with Gasteiger partial charge in [-0.15, -0.1) is 0 Å². The van der Waals surface area contributed by atoms with Crippen LogP contribution in [0.1, 0.15) is 18.1 Å². The van der Waals surface area contributed by atoms with E-state index in [1.165, 1.54) is 12.3 Å². The van der Waals surface area contributed by atoms with Gasteiger partial charge in [0.25, 0.3) is 5.91 Å². The minimum Gasteiger partial charge on any atom is -0.481 e. The van der Waals surface area contributed by atoms with Crippen LogP contribution in [0, 0.1) is 0 Å². The summed E-state index contributed by atoms with van der Waals surface area (Å²) in [4.78, 5) is 24.5. The third-order valence-electron chi connectivity index (χ3n) is 4.27. The molecule has 0 aliphatic carbocycles. The molecule has 0 fully saturated rings. The summed E-state index contributed by atoms with van der Waals surface area (Å²) in [6.45, 7) is 1.60. The number of halogens is 2. The quantitative estimate of drug-likeness (QED) is 0.135. The lowest BCUT2D eigenvalue weighted by Crippen LogP contribution is -2.33. The Morgan fingerprint density at radius 2 is 1.79 bits per heavy atom. The van der Waals surface area contributed by atoms with Crippen molar-refractivity contribution in [2.24, 2.45) is 5.10 Å². The Labute approximate surface area is 205 Å². The molecule has 0 aliphatic rings. The number of amides is 1. The van der Waals surface area contributed by atoms with Crippen molar-refractivity contribution in [2.75, 3.05) is 0 Å². The first kappa shape index (κ1) is 24.2. The number of hydrazone groups is 1. The number of carbonyl (C=O) groups is 2. The van der Waals surface area contributed by atoms with Gasteiger partial charge in [0.1, 0.15) is 11.5 Å². The van der Waals surface area contributed by atoms with Gasteiger partial charge in [-0.05, 0) is 61.0 Å². The molecule has 1 amide bonds. The van der Waals surface area contributed by atoms with E-state index < -0.39 is 18.0 Å². The molecule has 1 atom stereocenters. The fourth-order valence-corrected chi connectivity index (χ4v) is 3.12. The number of ether oxygens (including phenoxy) is 2. The largest absolute Gasteiger partial charge is 0.481 e. The molecule has 0 spiro atoms. The van der Waals surface area contributed by atoms with Crippen LogP contribution in [0.5, 0.6) is 11.5 Å². The lowest BCUT2D eigenvalue weighted by Gasteiger charge is -2.13. The van der Waals surface area contributed by atoms with Gasteiger partial charge in [-0.25, -0.2) is 10.2 Å². The van der Waals surface area contributed by atoms with Gasteiger partial charge in [0.15, 0.2) is 6.10 Å². The Morgan fingerprint density at radius 1 is 1.06 bits per heavy atom. The molecule has 0 saturated heterocycles. The maximum Gasteiger partial charge on any atom is 0.336 e. The van der Waals surface area contributed by atoms with Crippen molar-refractivity contribution >= 4 is 51.7 Å². The summed E-state index contributed by atoms with van der Waals surface area (Å²) in [5.74, 6) is -0.175. The van der Waals surface area contributed by atoms with Crippen LogP contribution in [0.3, 0.4) is 0 Å². The van der Waals surface area contributed by atoms with Crippen LogP contribution in [0.25, 0.3) is 6.08 Å². The highest BCUT2D eigenvalue weighted by molar-refractivity contribution is 9.10. The predicted molar refractivity (Wildman–Crippen MR) is 133 cm³/mol. The standard InChI is InChI=1S/C25H20BrClN2O4/c1-17(32-22-11-9-21(27)10-12-22)25(31)29-28-16-19-15-20(26)8-13-23(19)33-24(30)14-7-18-5-3-2-4-6-18/h2-17H,1H3,(H,29,31). The van der Waals surface area contributed by atoms with Crippen molar-refractivity contribution < 1.29 is 19.1 Å². The molecule has 6 nitrogen and oxygen atoms in total. The molecule has 0 aromatic heterocycles. The Kier molecular flexibility index (Phi) is 8.80. The lowest BCUT2D eigenvalue weighted by molar-refractivity contribution is -0.129. The van der Waals surface area contributed by atoms with E-state index in [0.29, 0.717) is 22.1 Å². The molecule has 3 aromatic carbocycles. The summed E-state index contributed by atoms with van der Waals surface area (Å²) in [7, 11) is 0. The van der Waals surface area contributed by atoms with E-state index in [1.54, 1.807) is 55.5 Å². The predicted octanol–water partition coefficient (Wildman–Crippen LogP) is 5.64. The van der Waals surface area contributed by atoms with E-state index >= 15 is 0 Å². The summed E-state index contributed by atoms with van der Waals surface area (Å²) in [6, 6.07) is 21.2. The van der Waals surface area contributed by atoms with Crippen molar-refractivity contribution in [2.45, 2.75) is 13.0 Å². The fraction of sp³-hybridized carbons (Fsp3) is 0.0800. The SMILES string of the molecule is CC(Oc1ccc(Cl)cc1)C(=O)NN=Cc1cc(Br)ccc1OC(=O)C=Cc1ccccc1. The minimum absolute atomic E-state index is 0.296. The van der Waals surface area contributed by atoms with Gasteiger partial charge in [-0.2, -0.15) is 5.10 Å². The molecule has 0 heterocycles. The second kappa shape index (κ2) is 12.0. The molecule has 0 radical (unpaired) electrons. The molecule has 33 heavy (non-hydrogen) atoms. The molecule has 0 saturated carbocycles. The van der Waals surface area contributed by atoms with Crippen molar-refractivity contribution in [3.8, 4) is 11.5 Å². The van der Waals surface area contributed by atoms with Crippen molar-refractivity contribution in [1.82, 2.24) is 5.43 Å². The molecule has 3 aromatic rings. The third-order valence-corrected chi connectivity index (χ3v) is 5.01.